The van der Waals surface area contributed by atoms with Crippen molar-refractivity contribution in [1.29, 1.82) is 0 Å². The summed E-state index contributed by atoms with van der Waals surface area (Å²) in [4.78, 5) is 8.69. The maximum Gasteiger partial charge on any atom is 0.186 e. The lowest BCUT2D eigenvalue weighted by molar-refractivity contribution is 0.199. The number of hydrogen-bond donors (Lipinski definition) is 1. The Morgan fingerprint density at radius 1 is 1.29 bits per heavy atom. The number of anilines is 1. The van der Waals surface area contributed by atoms with Crippen LogP contribution in [-0.4, -0.2) is 37.8 Å². The molecule has 1 aromatic heterocycles. The van der Waals surface area contributed by atoms with Gasteiger partial charge in [0, 0.05) is 37.7 Å². The molecule has 1 N–H and O–H groups in total. The molecule has 0 saturated carbocycles. The predicted octanol–water partition coefficient (Wildman–Crippen LogP) is 3.63. The number of thiazole rings is 1. The molecule has 0 spiro atoms. The SMILES string of the molecule is CCCN(c1nc(C(C)C)c(CNCCOC)s1)C(C)C. The van der Waals surface area contributed by atoms with Crippen molar-refractivity contribution in [2.24, 2.45) is 0 Å². The summed E-state index contributed by atoms with van der Waals surface area (Å²) < 4.78 is 5.08. The minimum Gasteiger partial charge on any atom is -0.383 e. The van der Waals surface area contributed by atoms with E-state index in [-0.39, 0.29) is 0 Å². The van der Waals surface area contributed by atoms with Gasteiger partial charge >= 0.3 is 0 Å². The van der Waals surface area contributed by atoms with Gasteiger partial charge in [-0.2, -0.15) is 0 Å². The molecule has 0 radical (unpaired) electrons. The van der Waals surface area contributed by atoms with E-state index in [0.717, 1.165) is 32.7 Å². The van der Waals surface area contributed by atoms with Gasteiger partial charge in [-0.25, -0.2) is 4.98 Å². The molecular formula is C16H31N3OS. The Bertz CT molecular complexity index is 404. The fourth-order valence-corrected chi connectivity index (χ4v) is 3.59. The van der Waals surface area contributed by atoms with Gasteiger partial charge in [0.05, 0.1) is 12.3 Å². The number of methoxy groups -OCH3 is 1. The highest BCUT2D eigenvalue weighted by Crippen LogP contribution is 2.31. The maximum absolute atomic E-state index is 5.08. The second-order valence-corrected chi connectivity index (χ2v) is 6.98. The third-order valence-corrected chi connectivity index (χ3v) is 4.47. The number of hydrogen-bond acceptors (Lipinski definition) is 5. The predicted molar refractivity (Wildman–Crippen MR) is 92.6 cm³/mol. The fourth-order valence-electron chi connectivity index (χ4n) is 2.24. The number of nitrogens with zero attached hydrogens (tertiary/aromatic N) is 2. The van der Waals surface area contributed by atoms with E-state index in [4.69, 9.17) is 9.72 Å². The normalized spacial score (nSPS) is 11.6. The summed E-state index contributed by atoms with van der Waals surface area (Å²) in [7, 11) is 1.73. The average molecular weight is 314 g/mol. The summed E-state index contributed by atoms with van der Waals surface area (Å²) >= 11 is 1.83. The monoisotopic (exact) mass is 313 g/mol. The van der Waals surface area contributed by atoms with Crippen LogP contribution in [0.2, 0.25) is 0 Å². The minimum absolute atomic E-state index is 0.463. The Morgan fingerprint density at radius 3 is 2.52 bits per heavy atom. The third kappa shape index (κ3) is 5.57. The minimum atomic E-state index is 0.463. The van der Waals surface area contributed by atoms with Crippen molar-refractivity contribution in [2.75, 3.05) is 31.7 Å². The van der Waals surface area contributed by atoms with E-state index in [1.165, 1.54) is 15.7 Å². The van der Waals surface area contributed by atoms with Crippen molar-refractivity contribution in [2.45, 2.75) is 59.5 Å². The lowest BCUT2D eigenvalue weighted by Crippen LogP contribution is -2.31. The Hall–Kier alpha value is -0.650. The van der Waals surface area contributed by atoms with Crippen molar-refractivity contribution >= 4 is 16.5 Å². The van der Waals surface area contributed by atoms with E-state index < -0.39 is 0 Å². The summed E-state index contributed by atoms with van der Waals surface area (Å²) in [6, 6.07) is 0.491. The second-order valence-electron chi connectivity index (χ2n) is 5.92. The van der Waals surface area contributed by atoms with Crippen LogP contribution in [-0.2, 0) is 11.3 Å². The smallest absolute Gasteiger partial charge is 0.186 e. The summed E-state index contributed by atoms with van der Waals surface area (Å²) in [6.07, 6.45) is 1.15. The Balaban J connectivity index is 2.86. The zero-order valence-electron chi connectivity index (χ0n) is 14.4. The molecule has 0 atom stereocenters. The Labute approximate surface area is 133 Å². The van der Waals surface area contributed by atoms with Gasteiger partial charge in [-0.3, -0.25) is 0 Å². The van der Waals surface area contributed by atoms with Crippen LogP contribution in [0.3, 0.4) is 0 Å². The molecule has 0 aliphatic rings. The van der Waals surface area contributed by atoms with Crippen molar-refractivity contribution in [3.63, 3.8) is 0 Å². The Morgan fingerprint density at radius 2 is 2.00 bits per heavy atom. The van der Waals surface area contributed by atoms with Crippen molar-refractivity contribution in [3.05, 3.63) is 10.6 Å². The molecule has 4 nitrogen and oxygen atoms in total. The number of ether oxygens (including phenoxy) is 1. The highest BCUT2D eigenvalue weighted by Gasteiger charge is 2.19. The first-order valence-electron chi connectivity index (χ1n) is 7.97. The standard InChI is InChI=1S/C16H31N3OS/c1-7-9-19(13(4)5)16-18-15(12(2)3)14(21-16)11-17-8-10-20-6/h12-13,17H,7-11H2,1-6H3. The van der Waals surface area contributed by atoms with Gasteiger partial charge in [0.1, 0.15) is 0 Å². The molecular weight excluding hydrogens is 282 g/mol. The first kappa shape index (κ1) is 18.4. The lowest BCUT2D eigenvalue weighted by atomic mass is 10.1. The molecule has 122 valence electrons. The first-order chi connectivity index (χ1) is 10.0. The number of rotatable bonds is 10. The van der Waals surface area contributed by atoms with Crippen LogP contribution in [0, 0.1) is 0 Å². The molecule has 0 aliphatic heterocycles. The van der Waals surface area contributed by atoms with Gasteiger partial charge in [-0.15, -0.1) is 11.3 Å². The highest BCUT2D eigenvalue weighted by molar-refractivity contribution is 7.15. The quantitative estimate of drug-likeness (QED) is 0.669. The van der Waals surface area contributed by atoms with Crippen molar-refractivity contribution in [1.82, 2.24) is 10.3 Å². The molecule has 1 heterocycles. The molecule has 21 heavy (non-hydrogen) atoms. The summed E-state index contributed by atoms with van der Waals surface area (Å²) in [5, 5.41) is 4.60. The molecule has 0 bridgehead atoms. The van der Waals surface area contributed by atoms with Gasteiger partial charge in [0.2, 0.25) is 0 Å². The zero-order chi connectivity index (χ0) is 15.8. The van der Waals surface area contributed by atoms with Crippen LogP contribution >= 0.6 is 11.3 Å². The summed E-state index contributed by atoms with van der Waals surface area (Å²) in [5.74, 6) is 0.463. The fraction of sp³-hybridized carbons (Fsp3) is 0.812. The van der Waals surface area contributed by atoms with Gasteiger partial charge < -0.3 is 15.0 Å². The average Bonchev–Trinajstić information content (AvgIpc) is 2.84. The molecule has 0 aromatic carbocycles. The van der Waals surface area contributed by atoms with Crippen LogP contribution in [0.4, 0.5) is 5.13 Å². The van der Waals surface area contributed by atoms with E-state index in [0.29, 0.717) is 12.0 Å². The van der Waals surface area contributed by atoms with E-state index >= 15 is 0 Å². The van der Waals surface area contributed by atoms with Gasteiger partial charge in [-0.05, 0) is 26.2 Å². The number of nitrogens with one attached hydrogen (secondary N) is 1. The summed E-state index contributed by atoms with van der Waals surface area (Å²) in [5.41, 5.74) is 1.24. The van der Waals surface area contributed by atoms with E-state index in [1.54, 1.807) is 7.11 Å². The van der Waals surface area contributed by atoms with Gasteiger partial charge in [0.25, 0.3) is 0 Å². The Kier molecular flexibility index (Phi) is 8.22. The van der Waals surface area contributed by atoms with Gasteiger partial charge in [-0.1, -0.05) is 20.8 Å². The first-order valence-corrected chi connectivity index (χ1v) is 8.78. The molecule has 5 heteroatoms. The van der Waals surface area contributed by atoms with Crippen molar-refractivity contribution < 1.29 is 4.74 Å². The molecule has 0 fully saturated rings. The van der Waals surface area contributed by atoms with Crippen LogP contribution in [0.15, 0.2) is 0 Å². The second kappa shape index (κ2) is 9.38. The highest BCUT2D eigenvalue weighted by atomic mass is 32.1. The number of aromatic nitrogens is 1. The molecule has 0 aliphatic carbocycles. The molecule has 1 aromatic rings. The zero-order valence-corrected chi connectivity index (χ0v) is 15.2. The van der Waals surface area contributed by atoms with E-state index in [2.05, 4.69) is 44.8 Å². The molecule has 0 saturated heterocycles. The van der Waals surface area contributed by atoms with Crippen molar-refractivity contribution in [3.8, 4) is 0 Å². The molecule has 0 amide bonds. The maximum atomic E-state index is 5.08. The lowest BCUT2D eigenvalue weighted by Gasteiger charge is -2.25. The van der Waals surface area contributed by atoms with E-state index in [9.17, 15) is 0 Å². The van der Waals surface area contributed by atoms with Crippen LogP contribution in [0.1, 0.15) is 57.5 Å². The molecule has 1 rings (SSSR count). The largest absolute Gasteiger partial charge is 0.383 e. The van der Waals surface area contributed by atoms with Gasteiger partial charge in [0.15, 0.2) is 5.13 Å². The molecule has 0 unspecified atom stereocenters. The topological polar surface area (TPSA) is 37.4 Å². The van der Waals surface area contributed by atoms with Crippen LogP contribution in [0.5, 0.6) is 0 Å². The van der Waals surface area contributed by atoms with Crippen LogP contribution < -0.4 is 10.2 Å². The summed E-state index contributed by atoms with van der Waals surface area (Å²) in [6.45, 7) is 14.7. The van der Waals surface area contributed by atoms with E-state index in [1.807, 2.05) is 11.3 Å². The third-order valence-electron chi connectivity index (χ3n) is 3.37. The van der Waals surface area contributed by atoms with Crippen LogP contribution in [0.25, 0.3) is 0 Å².